The molecule has 21 heavy (non-hydrogen) atoms. The Bertz CT molecular complexity index is 757. The summed E-state index contributed by atoms with van der Waals surface area (Å²) in [5, 5.41) is 0.473. The van der Waals surface area contributed by atoms with Crippen molar-refractivity contribution in [3.8, 4) is 5.75 Å². The second-order valence-electron chi connectivity index (χ2n) is 4.74. The Kier molecular flexibility index (Phi) is 3.89. The van der Waals surface area contributed by atoms with Crippen LogP contribution >= 0.6 is 11.6 Å². The summed E-state index contributed by atoms with van der Waals surface area (Å²) in [6.07, 6.45) is 0. The fourth-order valence-corrected chi connectivity index (χ4v) is 3.91. The van der Waals surface area contributed by atoms with Crippen LogP contribution in [0.5, 0.6) is 5.75 Å². The van der Waals surface area contributed by atoms with Crippen LogP contribution in [0.4, 0.5) is 0 Å². The molecule has 6 heteroatoms. The number of rotatable bonds is 3. The van der Waals surface area contributed by atoms with Crippen molar-refractivity contribution < 1.29 is 17.9 Å². The first-order valence-electron chi connectivity index (χ1n) is 6.36. The second kappa shape index (κ2) is 5.67. The molecule has 0 spiro atoms. The summed E-state index contributed by atoms with van der Waals surface area (Å²) in [6.45, 7) is 0.487. The highest BCUT2D eigenvalue weighted by Gasteiger charge is 2.22. The first-order chi connectivity index (χ1) is 10.1. The molecule has 1 aliphatic heterocycles. The maximum Gasteiger partial charge on any atom is 0.189 e. The van der Waals surface area contributed by atoms with E-state index in [0.717, 1.165) is 5.56 Å². The minimum Gasteiger partial charge on any atom is -0.467 e. The SMILES string of the molecule is O=S(=O)(Cc1cc(Cl)cc2c1OCOC2)c1ccccc1. The van der Waals surface area contributed by atoms with E-state index in [2.05, 4.69) is 0 Å². The summed E-state index contributed by atoms with van der Waals surface area (Å²) in [4.78, 5) is 0.283. The van der Waals surface area contributed by atoms with Gasteiger partial charge in [0.15, 0.2) is 16.6 Å². The van der Waals surface area contributed by atoms with Gasteiger partial charge < -0.3 is 9.47 Å². The van der Waals surface area contributed by atoms with Gasteiger partial charge in [-0.15, -0.1) is 0 Å². The van der Waals surface area contributed by atoms with Gasteiger partial charge in [0.1, 0.15) is 5.75 Å². The number of benzene rings is 2. The third kappa shape index (κ3) is 3.05. The van der Waals surface area contributed by atoms with E-state index in [1.807, 2.05) is 0 Å². The highest BCUT2D eigenvalue weighted by atomic mass is 35.5. The van der Waals surface area contributed by atoms with Gasteiger partial charge in [0.25, 0.3) is 0 Å². The van der Waals surface area contributed by atoms with Crippen molar-refractivity contribution in [2.45, 2.75) is 17.3 Å². The van der Waals surface area contributed by atoms with Crippen molar-refractivity contribution in [1.82, 2.24) is 0 Å². The maximum absolute atomic E-state index is 12.5. The number of sulfone groups is 1. The topological polar surface area (TPSA) is 52.6 Å². The Morgan fingerprint density at radius 3 is 2.67 bits per heavy atom. The molecule has 0 aromatic heterocycles. The normalized spacial score (nSPS) is 14.3. The minimum atomic E-state index is -3.44. The average molecular weight is 325 g/mol. The van der Waals surface area contributed by atoms with Crippen LogP contribution in [0.2, 0.25) is 5.02 Å². The average Bonchev–Trinajstić information content (AvgIpc) is 2.47. The van der Waals surface area contributed by atoms with Crippen molar-refractivity contribution in [1.29, 1.82) is 0 Å². The Morgan fingerprint density at radius 2 is 1.90 bits per heavy atom. The van der Waals surface area contributed by atoms with E-state index in [1.165, 1.54) is 0 Å². The molecule has 0 saturated carbocycles. The predicted molar refractivity (Wildman–Crippen MR) is 79.1 cm³/mol. The lowest BCUT2D eigenvalue weighted by atomic mass is 10.1. The molecular formula is C15H13ClO4S. The highest BCUT2D eigenvalue weighted by Crippen LogP contribution is 2.33. The Hall–Kier alpha value is -1.56. The molecule has 2 aromatic carbocycles. The van der Waals surface area contributed by atoms with Gasteiger partial charge in [-0.3, -0.25) is 0 Å². The monoisotopic (exact) mass is 324 g/mol. The number of hydrogen-bond acceptors (Lipinski definition) is 4. The number of halogens is 1. The molecule has 4 nitrogen and oxygen atoms in total. The van der Waals surface area contributed by atoms with Gasteiger partial charge in [0.2, 0.25) is 0 Å². The smallest absolute Gasteiger partial charge is 0.189 e. The molecule has 0 amide bonds. The number of fused-ring (bicyclic) bond motifs is 1. The zero-order valence-electron chi connectivity index (χ0n) is 11.1. The predicted octanol–water partition coefficient (Wildman–Crippen LogP) is 3.18. The Balaban J connectivity index is 2.00. The molecule has 0 fully saturated rings. The molecule has 0 bridgehead atoms. The molecule has 0 saturated heterocycles. The van der Waals surface area contributed by atoms with E-state index in [0.29, 0.717) is 22.9 Å². The van der Waals surface area contributed by atoms with E-state index in [1.54, 1.807) is 42.5 Å². The summed E-state index contributed by atoms with van der Waals surface area (Å²) in [7, 11) is -3.44. The third-order valence-corrected chi connectivity index (χ3v) is 5.10. The second-order valence-corrected chi connectivity index (χ2v) is 7.16. The van der Waals surface area contributed by atoms with Crippen LogP contribution in [0.25, 0.3) is 0 Å². The molecule has 0 aliphatic carbocycles. The van der Waals surface area contributed by atoms with Gasteiger partial charge in [0, 0.05) is 16.1 Å². The lowest BCUT2D eigenvalue weighted by Gasteiger charge is -2.21. The zero-order valence-corrected chi connectivity index (χ0v) is 12.7. The van der Waals surface area contributed by atoms with Crippen LogP contribution in [-0.4, -0.2) is 15.2 Å². The van der Waals surface area contributed by atoms with Crippen molar-refractivity contribution >= 4 is 21.4 Å². The minimum absolute atomic E-state index is 0.118. The third-order valence-electron chi connectivity index (χ3n) is 3.20. The summed E-state index contributed by atoms with van der Waals surface area (Å²) >= 11 is 6.05. The van der Waals surface area contributed by atoms with Gasteiger partial charge in [-0.1, -0.05) is 29.8 Å². The fourth-order valence-electron chi connectivity index (χ4n) is 2.28. The van der Waals surface area contributed by atoms with Crippen LogP contribution < -0.4 is 4.74 Å². The number of ether oxygens (including phenoxy) is 2. The summed E-state index contributed by atoms with van der Waals surface area (Å²) < 4.78 is 35.6. The molecule has 0 N–H and O–H groups in total. The van der Waals surface area contributed by atoms with Crippen molar-refractivity contribution in [3.63, 3.8) is 0 Å². The summed E-state index contributed by atoms with van der Waals surface area (Å²) in [6, 6.07) is 11.7. The first-order valence-corrected chi connectivity index (χ1v) is 8.39. The van der Waals surface area contributed by atoms with Gasteiger partial charge in [-0.2, -0.15) is 0 Å². The summed E-state index contributed by atoms with van der Waals surface area (Å²) in [5.74, 6) is 0.407. The molecule has 0 radical (unpaired) electrons. The van der Waals surface area contributed by atoms with E-state index >= 15 is 0 Å². The molecular weight excluding hydrogens is 312 g/mol. The van der Waals surface area contributed by atoms with Crippen LogP contribution in [-0.2, 0) is 26.9 Å². The van der Waals surface area contributed by atoms with Gasteiger partial charge >= 0.3 is 0 Å². The molecule has 110 valence electrons. The van der Waals surface area contributed by atoms with Crippen molar-refractivity contribution in [3.05, 3.63) is 58.6 Å². The van der Waals surface area contributed by atoms with Crippen LogP contribution in [0.15, 0.2) is 47.4 Å². The summed E-state index contributed by atoms with van der Waals surface area (Å²) in [5.41, 5.74) is 1.33. The number of hydrogen-bond donors (Lipinski definition) is 0. The molecule has 3 rings (SSSR count). The van der Waals surface area contributed by atoms with E-state index < -0.39 is 9.84 Å². The Morgan fingerprint density at radius 1 is 1.14 bits per heavy atom. The first kappa shape index (κ1) is 14.4. The van der Waals surface area contributed by atoms with Gasteiger partial charge in [-0.05, 0) is 24.3 Å². The maximum atomic E-state index is 12.5. The molecule has 0 unspecified atom stereocenters. The van der Waals surface area contributed by atoms with E-state index in [9.17, 15) is 8.42 Å². The zero-order chi connectivity index (χ0) is 14.9. The van der Waals surface area contributed by atoms with Crippen LogP contribution in [0, 0.1) is 0 Å². The quantitative estimate of drug-likeness (QED) is 0.870. The van der Waals surface area contributed by atoms with Crippen LogP contribution in [0.1, 0.15) is 11.1 Å². The van der Waals surface area contributed by atoms with Gasteiger partial charge in [0.05, 0.1) is 17.3 Å². The molecule has 0 atom stereocenters. The van der Waals surface area contributed by atoms with Crippen molar-refractivity contribution in [2.75, 3.05) is 6.79 Å². The Labute approximate surface area is 128 Å². The molecule has 2 aromatic rings. The van der Waals surface area contributed by atoms with E-state index in [-0.39, 0.29) is 17.4 Å². The van der Waals surface area contributed by atoms with Gasteiger partial charge in [-0.25, -0.2) is 8.42 Å². The lowest BCUT2D eigenvalue weighted by molar-refractivity contribution is -0.0169. The van der Waals surface area contributed by atoms with E-state index in [4.69, 9.17) is 21.1 Å². The lowest BCUT2D eigenvalue weighted by Crippen LogP contribution is -2.15. The largest absolute Gasteiger partial charge is 0.467 e. The fraction of sp³-hybridized carbons (Fsp3) is 0.200. The molecule has 1 heterocycles. The van der Waals surface area contributed by atoms with Crippen molar-refractivity contribution in [2.24, 2.45) is 0 Å². The van der Waals surface area contributed by atoms with Crippen LogP contribution in [0.3, 0.4) is 0 Å². The standard InChI is InChI=1S/C15H13ClO4S/c16-13-6-11-8-19-10-20-15(11)12(7-13)9-21(17,18)14-4-2-1-3-5-14/h1-7H,8-10H2. The highest BCUT2D eigenvalue weighted by molar-refractivity contribution is 7.90. The molecule has 1 aliphatic rings.